The van der Waals surface area contributed by atoms with Crippen molar-refractivity contribution in [3.8, 4) is 0 Å². The smallest absolute Gasteiger partial charge is 0.248 e. The number of rotatable bonds is 1. The Bertz CT molecular complexity index is 292. The molecular weight excluding hydrogens is 162 g/mol. The van der Waals surface area contributed by atoms with Gasteiger partial charge in [-0.1, -0.05) is 31.5 Å². The average molecular weight is 179 g/mol. The first-order valence-corrected chi connectivity index (χ1v) is 4.48. The molecule has 0 fully saturated rings. The predicted molar refractivity (Wildman–Crippen MR) is 55.8 cm³/mol. The van der Waals surface area contributed by atoms with Gasteiger partial charge in [0.25, 0.3) is 0 Å². The maximum absolute atomic E-state index is 10.8. The van der Waals surface area contributed by atoms with Crippen LogP contribution in [0, 0.1) is 13.8 Å². The molecule has 0 atom stereocenters. The molecule has 13 heavy (non-hydrogen) atoms. The molecule has 0 aliphatic rings. The molecule has 0 radical (unpaired) electrons. The maximum Gasteiger partial charge on any atom is 0.248 e. The van der Waals surface area contributed by atoms with Crippen molar-refractivity contribution in [2.24, 2.45) is 5.73 Å². The van der Waals surface area contributed by atoms with Gasteiger partial charge in [0, 0.05) is 5.56 Å². The highest BCUT2D eigenvalue weighted by atomic mass is 16.1. The van der Waals surface area contributed by atoms with E-state index in [-0.39, 0.29) is 5.91 Å². The van der Waals surface area contributed by atoms with Crippen molar-refractivity contribution in [3.63, 3.8) is 0 Å². The number of nitrogens with two attached hydrogens (primary N) is 1. The summed E-state index contributed by atoms with van der Waals surface area (Å²) in [5.41, 5.74) is 7.82. The normalized spacial score (nSPS) is 8.62. The second-order valence-electron chi connectivity index (χ2n) is 2.68. The molecule has 0 aliphatic carbocycles. The summed E-state index contributed by atoms with van der Waals surface area (Å²) in [5.74, 6) is -0.359. The first-order chi connectivity index (χ1) is 6.11. The minimum absolute atomic E-state index is 0.359. The first-order valence-electron chi connectivity index (χ1n) is 4.48. The van der Waals surface area contributed by atoms with E-state index >= 15 is 0 Å². The highest BCUT2D eigenvalue weighted by Crippen LogP contribution is 2.08. The first kappa shape index (κ1) is 11.7. The second kappa shape index (κ2) is 5.36. The SMILES string of the molecule is CC.Cc1ccc(C(N)=O)c(C)c1. The van der Waals surface area contributed by atoms with Gasteiger partial charge < -0.3 is 5.73 Å². The molecule has 0 aromatic heterocycles. The third kappa shape index (κ3) is 3.28. The molecule has 0 bridgehead atoms. The van der Waals surface area contributed by atoms with Gasteiger partial charge in [-0.2, -0.15) is 0 Å². The molecule has 0 saturated heterocycles. The average Bonchev–Trinajstić information content (AvgIpc) is 2.07. The Labute approximate surface area is 79.8 Å². The fourth-order valence-corrected chi connectivity index (χ4v) is 1.09. The molecule has 1 aromatic rings. The molecule has 1 rings (SSSR count). The molecule has 72 valence electrons. The molecular formula is C11H17NO. The van der Waals surface area contributed by atoms with Crippen molar-refractivity contribution < 1.29 is 4.79 Å². The predicted octanol–water partition coefficient (Wildman–Crippen LogP) is 2.43. The van der Waals surface area contributed by atoms with E-state index in [1.807, 2.05) is 39.8 Å². The van der Waals surface area contributed by atoms with Crippen LogP contribution in [0.4, 0.5) is 0 Å². The highest BCUT2D eigenvalue weighted by Gasteiger charge is 2.02. The quantitative estimate of drug-likeness (QED) is 0.707. The van der Waals surface area contributed by atoms with Crippen molar-refractivity contribution in [2.75, 3.05) is 0 Å². The van der Waals surface area contributed by atoms with E-state index in [1.165, 1.54) is 0 Å². The lowest BCUT2D eigenvalue weighted by atomic mass is 10.1. The molecule has 0 heterocycles. The van der Waals surface area contributed by atoms with Crippen LogP contribution in [-0.4, -0.2) is 5.91 Å². The van der Waals surface area contributed by atoms with Crippen molar-refractivity contribution >= 4 is 5.91 Å². The topological polar surface area (TPSA) is 43.1 Å². The Hall–Kier alpha value is -1.31. The number of hydrogen-bond acceptors (Lipinski definition) is 1. The molecule has 0 aliphatic heterocycles. The van der Waals surface area contributed by atoms with Crippen molar-refractivity contribution in [1.82, 2.24) is 0 Å². The Kier molecular flexibility index (Phi) is 4.82. The van der Waals surface area contributed by atoms with Gasteiger partial charge in [-0.15, -0.1) is 0 Å². The summed E-state index contributed by atoms with van der Waals surface area (Å²) in [6.45, 7) is 7.87. The number of benzene rings is 1. The number of aryl methyl sites for hydroxylation is 2. The minimum atomic E-state index is -0.359. The lowest BCUT2D eigenvalue weighted by Crippen LogP contribution is -2.12. The summed E-state index contributed by atoms with van der Waals surface area (Å²) in [4.78, 5) is 10.8. The standard InChI is InChI=1S/C9H11NO.C2H6/c1-6-3-4-8(9(10)11)7(2)5-6;1-2/h3-5H,1-2H3,(H2,10,11);1-2H3. The van der Waals surface area contributed by atoms with Gasteiger partial charge in [-0.05, 0) is 25.5 Å². The third-order valence-electron chi connectivity index (χ3n) is 1.65. The third-order valence-corrected chi connectivity index (χ3v) is 1.65. The van der Waals surface area contributed by atoms with E-state index in [0.717, 1.165) is 11.1 Å². The minimum Gasteiger partial charge on any atom is -0.366 e. The van der Waals surface area contributed by atoms with Gasteiger partial charge in [0.1, 0.15) is 0 Å². The Morgan fingerprint density at radius 1 is 1.23 bits per heavy atom. The van der Waals surface area contributed by atoms with E-state index in [4.69, 9.17) is 5.73 Å². The second-order valence-corrected chi connectivity index (χ2v) is 2.68. The van der Waals surface area contributed by atoms with Crippen molar-refractivity contribution in [2.45, 2.75) is 27.7 Å². The summed E-state index contributed by atoms with van der Waals surface area (Å²) in [5, 5.41) is 0. The maximum atomic E-state index is 10.8. The number of amides is 1. The molecule has 0 unspecified atom stereocenters. The van der Waals surface area contributed by atoms with E-state index in [9.17, 15) is 4.79 Å². The van der Waals surface area contributed by atoms with Gasteiger partial charge in [0.05, 0.1) is 0 Å². The summed E-state index contributed by atoms with van der Waals surface area (Å²) >= 11 is 0. The fraction of sp³-hybridized carbons (Fsp3) is 0.364. The van der Waals surface area contributed by atoms with Crippen LogP contribution in [0.25, 0.3) is 0 Å². The number of primary amides is 1. The van der Waals surface area contributed by atoms with Crippen molar-refractivity contribution in [1.29, 1.82) is 0 Å². The van der Waals surface area contributed by atoms with Crippen LogP contribution in [0.3, 0.4) is 0 Å². The zero-order valence-corrected chi connectivity index (χ0v) is 8.72. The van der Waals surface area contributed by atoms with E-state index in [1.54, 1.807) is 6.07 Å². The molecule has 2 heteroatoms. The zero-order chi connectivity index (χ0) is 10.4. The van der Waals surface area contributed by atoms with Gasteiger partial charge >= 0.3 is 0 Å². The van der Waals surface area contributed by atoms with E-state index < -0.39 is 0 Å². The van der Waals surface area contributed by atoms with Crippen LogP contribution in [0.5, 0.6) is 0 Å². The summed E-state index contributed by atoms with van der Waals surface area (Å²) in [6.07, 6.45) is 0. The Morgan fingerprint density at radius 2 is 1.77 bits per heavy atom. The van der Waals surface area contributed by atoms with Crippen LogP contribution in [-0.2, 0) is 0 Å². The van der Waals surface area contributed by atoms with Crippen LogP contribution in [0.15, 0.2) is 18.2 Å². The van der Waals surface area contributed by atoms with E-state index in [0.29, 0.717) is 5.56 Å². The Morgan fingerprint density at radius 3 is 2.15 bits per heavy atom. The van der Waals surface area contributed by atoms with Crippen molar-refractivity contribution in [3.05, 3.63) is 34.9 Å². The summed E-state index contributed by atoms with van der Waals surface area (Å²) in [7, 11) is 0. The lowest BCUT2D eigenvalue weighted by molar-refractivity contribution is 0.0999. The zero-order valence-electron chi connectivity index (χ0n) is 8.72. The van der Waals surface area contributed by atoms with Crippen LogP contribution in [0.2, 0.25) is 0 Å². The highest BCUT2D eigenvalue weighted by molar-refractivity contribution is 5.94. The van der Waals surface area contributed by atoms with Gasteiger partial charge in [-0.25, -0.2) is 0 Å². The molecule has 2 N–H and O–H groups in total. The number of hydrogen-bond donors (Lipinski definition) is 1. The molecule has 0 saturated carbocycles. The Balaban J connectivity index is 0.000000671. The molecule has 2 nitrogen and oxygen atoms in total. The fourth-order valence-electron chi connectivity index (χ4n) is 1.09. The lowest BCUT2D eigenvalue weighted by Gasteiger charge is -2.01. The van der Waals surface area contributed by atoms with Crippen LogP contribution in [0.1, 0.15) is 35.3 Å². The summed E-state index contributed by atoms with van der Waals surface area (Å²) < 4.78 is 0. The summed E-state index contributed by atoms with van der Waals surface area (Å²) in [6, 6.07) is 5.58. The number of carbonyl (C=O) groups excluding carboxylic acids is 1. The number of carbonyl (C=O) groups is 1. The monoisotopic (exact) mass is 179 g/mol. The largest absolute Gasteiger partial charge is 0.366 e. The van der Waals surface area contributed by atoms with Crippen LogP contribution >= 0.6 is 0 Å². The molecule has 0 spiro atoms. The van der Waals surface area contributed by atoms with E-state index in [2.05, 4.69) is 0 Å². The molecule has 1 aromatic carbocycles. The van der Waals surface area contributed by atoms with Gasteiger partial charge in [0.2, 0.25) is 5.91 Å². The van der Waals surface area contributed by atoms with Crippen LogP contribution < -0.4 is 5.73 Å². The van der Waals surface area contributed by atoms with Gasteiger partial charge in [-0.3, -0.25) is 4.79 Å². The van der Waals surface area contributed by atoms with Gasteiger partial charge in [0.15, 0.2) is 0 Å². The molecule has 1 amide bonds.